The van der Waals surface area contributed by atoms with Crippen LogP contribution in [0, 0.1) is 0 Å². The number of alkyl carbamates (subject to hydrolysis) is 1. The summed E-state index contributed by atoms with van der Waals surface area (Å²) >= 11 is 4.43. The van der Waals surface area contributed by atoms with E-state index >= 15 is 0 Å². The van der Waals surface area contributed by atoms with Crippen LogP contribution in [0.15, 0.2) is 0 Å². The fraction of sp³-hybridized carbons (Fsp3) is 0.913. The van der Waals surface area contributed by atoms with Gasteiger partial charge in [0.05, 0.1) is 52.9 Å². The first kappa shape index (κ1) is 34.3. The summed E-state index contributed by atoms with van der Waals surface area (Å²) < 4.78 is 26.9. The van der Waals surface area contributed by atoms with Crippen LogP contribution in [0.2, 0.25) is 0 Å². The van der Waals surface area contributed by atoms with Gasteiger partial charge in [-0.15, -0.1) is 0 Å². The molecule has 0 aromatic carbocycles. The number of nitrogens with one attached hydrogen (secondary N) is 2. The van der Waals surface area contributed by atoms with Gasteiger partial charge in [-0.2, -0.15) is 12.6 Å². The molecule has 2 N–H and O–H groups in total. The predicted molar refractivity (Wildman–Crippen MR) is 134 cm³/mol. The van der Waals surface area contributed by atoms with Crippen molar-refractivity contribution in [1.29, 1.82) is 0 Å². The van der Waals surface area contributed by atoms with Crippen LogP contribution in [-0.4, -0.2) is 96.7 Å². The highest BCUT2D eigenvalue weighted by molar-refractivity contribution is 7.80. The van der Waals surface area contributed by atoms with Gasteiger partial charge < -0.3 is 39.1 Å². The summed E-state index contributed by atoms with van der Waals surface area (Å²) in [5, 5.41) is 6.15. The average Bonchev–Trinajstić information content (AvgIpc) is 2.84. The zero-order valence-corrected chi connectivity index (χ0v) is 22.0. The minimum Gasteiger partial charge on any atom is -0.446 e. The Morgan fingerprint density at radius 3 is 1.70 bits per heavy atom. The van der Waals surface area contributed by atoms with Crippen LogP contribution in [0.1, 0.15) is 52.9 Å². The lowest BCUT2D eigenvalue weighted by Gasteiger charge is -2.25. The van der Waals surface area contributed by atoms with E-state index in [0.717, 1.165) is 38.5 Å². The predicted octanol–water partition coefficient (Wildman–Crippen LogP) is 2.86. The molecule has 0 unspecified atom stereocenters. The van der Waals surface area contributed by atoms with E-state index in [1.165, 1.54) is 0 Å². The van der Waals surface area contributed by atoms with Crippen molar-refractivity contribution in [1.82, 2.24) is 10.6 Å². The number of rotatable bonds is 17. The molecule has 1 rings (SSSR count). The highest BCUT2D eigenvalue weighted by Crippen LogP contribution is 2.24. The number of thiol groups is 1. The summed E-state index contributed by atoms with van der Waals surface area (Å²) in [6, 6.07) is 0. The van der Waals surface area contributed by atoms with E-state index in [2.05, 4.69) is 23.3 Å². The van der Waals surface area contributed by atoms with Crippen LogP contribution in [0.5, 0.6) is 0 Å². The third-order valence-corrected chi connectivity index (χ3v) is 4.73. The molecule has 33 heavy (non-hydrogen) atoms. The van der Waals surface area contributed by atoms with E-state index in [1.807, 2.05) is 27.8 Å². The lowest BCUT2D eigenvalue weighted by Crippen LogP contribution is -2.33. The molecular weight excluding hydrogens is 448 g/mol. The van der Waals surface area contributed by atoms with Gasteiger partial charge in [-0.25, -0.2) is 4.79 Å². The van der Waals surface area contributed by atoms with E-state index in [1.54, 1.807) is 0 Å². The number of carbonyl (C=O) groups is 2. The van der Waals surface area contributed by atoms with E-state index in [-0.39, 0.29) is 12.2 Å². The van der Waals surface area contributed by atoms with Crippen molar-refractivity contribution < 1.29 is 33.3 Å². The molecule has 9 nitrogen and oxygen atoms in total. The Morgan fingerprint density at radius 1 is 0.848 bits per heavy atom. The molecule has 0 atom stereocenters. The highest BCUT2D eigenvalue weighted by atomic mass is 32.1. The molecule has 0 aliphatic heterocycles. The molecule has 1 aliphatic carbocycles. The maximum absolute atomic E-state index is 11.7. The van der Waals surface area contributed by atoms with Crippen molar-refractivity contribution in [3.63, 3.8) is 0 Å². The lowest BCUT2D eigenvalue weighted by molar-refractivity contribution is -0.107. The third kappa shape index (κ3) is 27.2. The smallest absolute Gasteiger partial charge is 0.407 e. The normalized spacial score (nSPS) is 17.1. The number of aldehydes is 1. The van der Waals surface area contributed by atoms with Crippen LogP contribution < -0.4 is 10.6 Å². The van der Waals surface area contributed by atoms with Crippen molar-refractivity contribution in [2.75, 3.05) is 73.0 Å². The molecular formula is C23H48N2O7S. The number of hydrogen-bond acceptors (Lipinski definition) is 9. The maximum atomic E-state index is 11.7. The fourth-order valence-corrected chi connectivity index (χ4v) is 2.82. The molecule has 0 saturated heterocycles. The van der Waals surface area contributed by atoms with E-state index in [9.17, 15) is 9.59 Å². The van der Waals surface area contributed by atoms with Crippen LogP contribution in [0.3, 0.4) is 0 Å². The highest BCUT2D eigenvalue weighted by Gasteiger charge is 2.21. The van der Waals surface area contributed by atoms with Crippen molar-refractivity contribution in [3.05, 3.63) is 0 Å². The fourth-order valence-electron chi connectivity index (χ4n) is 2.52. The number of amides is 1. The second-order valence-electron chi connectivity index (χ2n) is 6.89. The van der Waals surface area contributed by atoms with Crippen molar-refractivity contribution in [2.45, 2.75) is 64.2 Å². The molecule has 1 saturated carbocycles. The molecule has 198 valence electrons. The molecule has 1 fully saturated rings. The summed E-state index contributed by atoms with van der Waals surface area (Å²) in [4.78, 5) is 20.8. The number of ether oxygens (including phenoxy) is 5. The van der Waals surface area contributed by atoms with Crippen LogP contribution in [0.25, 0.3) is 0 Å². The Morgan fingerprint density at radius 2 is 1.27 bits per heavy atom. The molecule has 10 heteroatoms. The van der Waals surface area contributed by atoms with Gasteiger partial charge in [-0.05, 0) is 32.7 Å². The van der Waals surface area contributed by atoms with Gasteiger partial charge in [0.1, 0.15) is 12.4 Å². The second kappa shape index (κ2) is 29.1. The Hall–Kier alpha value is -0.910. The molecule has 0 spiro atoms. The zero-order valence-electron chi connectivity index (χ0n) is 21.1. The molecule has 1 aliphatic rings. The zero-order chi connectivity index (χ0) is 25.0. The van der Waals surface area contributed by atoms with Gasteiger partial charge in [0.15, 0.2) is 0 Å². The third-order valence-electron chi connectivity index (χ3n) is 4.21. The maximum Gasteiger partial charge on any atom is 0.407 e. The quantitative estimate of drug-likeness (QED) is 0.160. The number of likely N-dealkylation sites (N-methyl/N-ethyl adjacent to an activating group) is 1. The largest absolute Gasteiger partial charge is 0.446 e. The van der Waals surface area contributed by atoms with Gasteiger partial charge in [0.2, 0.25) is 0 Å². The van der Waals surface area contributed by atoms with E-state index < -0.39 is 0 Å². The summed E-state index contributed by atoms with van der Waals surface area (Å²) in [7, 11) is 1.89. The van der Waals surface area contributed by atoms with Crippen LogP contribution in [0.4, 0.5) is 4.79 Å². The Balaban J connectivity index is 0. The molecule has 0 radical (unpaired) electrons. The monoisotopic (exact) mass is 496 g/mol. The topological polar surface area (TPSA) is 104 Å². The molecule has 1 amide bonds. The SMILES string of the molecule is CC.CCC=O.CNCCOCCOCCOCCOCCNC(=O)OC1CCC(S)CC1. The van der Waals surface area contributed by atoms with Crippen molar-refractivity contribution >= 4 is 25.0 Å². The molecule has 0 aromatic heterocycles. The van der Waals surface area contributed by atoms with Crippen LogP contribution in [-0.2, 0) is 28.5 Å². The summed E-state index contributed by atoms with van der Waals surface area (Å²) in [5.41, 5.74) is 0. The summed E-state index contributed by atoms with van der Waals surface area (Å²) in [6.07, 6.45) is 4.94. The molecule has 0 aromatic rings. The van der Waals surface area contributed by atoms with Gasteiger partial charge in [0.25, 0.3) is 0 Å². The minimum absolute atomic E-state index is 0.0184. The lowest BCUT2D eigenvalue weighted by atomic mass is 9.97. The van der Waals surface area contributed by atoms with Gasteiger partial charge >= 0.3 is 6.09 Å². The Bertz CT molecular complexity index is 412. The van der Waals surface area contributed by atoms with E-state index in [4.69, 9.17) is 23.7 Å². The number of hydrogen-bond donors (Lipinski definition) is 3. The minimum atomic E-state index is -0.371. The first-order valence-electron chi connectivity index (χ1n) is 12.2. The summed E-state index contributed by atoms with van der Waals surface area (Å²) in [5.74, 6) is 0. The average molecular weight is 497 g/mol. The Labute approximate surface area is 206 Å². The second-order valence-corrected chi connectivity index (χ2v) is 7.62. The Kier molecular flexibility index (Phi) is 30.2. The van der Waals surface area contributed by atoms with Crippen molar-refractivity contribution in [2.24, 2.45) is 0 Å². The van der Waals surface area contributed by atoms with Crippen molar-refractivity contribution in [3.8, 4) is 0 Å². The molecule has 0 bridgehead atoms. The van der Waals surface area contributed by atoms with Gasteiger partial charge in [0, 0.05) is 24.8 Å². The summed E-state index contributed by atoms with van der Waals surface area (Å²) in [6.45, 7) is 11.4. The molecule has 0 heterocycles. The first-order chi connectivity index (χ1) is 16.1. The van der Waals surface area contributed by atoms with Gasteiger partial charge in [-0.3, -0.25) is 0 Å². The number of carbonyl (C=O) groups excluding carboxylic acids is 2. The standard InChI is InChI=1S/C18H36N2O6S.C3H6O.C2H6/c1-19-6-8-22-10-12-24-14-15-25-13-11-23-9-7-20-18(21)26-16-2-4-17(27)5-3-16;1-2-3-4;1-2/h16-17,19,27H,2-15H2,1H3,(H,20,21);3H,2H2,1H3;1-2H3. The van der Waals surface area contributed by atoms with Crippen LogP contribution >= 0.6 is 12.6 Å². The van der Waals surface area contributed by atoms with Gasteiger partial charge in [-0.1, -0.05) is 20.8 Å². The van der Waals surface area contributed by atoms with E-state index in [0.29, 0.717) is 71.1 Å². The first-order valence-corrected chi connectivity index (χ1v) is 12.7.